The summed E-state index contributed by atoms with van der Waals surface area (Å²) in [7, 11) is 0. The highest BCUT2D eigenvalue weighted by Gasteiger charge is 2.04. The minimum atomic E-state index is 0.926. The number of benzene rings is 2. The summed E-state index contributed by atoms with van der Waals surface area (Å²) >= 11 is 4.03. The SMILES string of the molecule is ICCc1ccc(Nc2nc(-c3ccccc3)cs2)cc1. The Morgan fingerprint density at radius 3 is 2.48 bits per heavy atom. The van der Waals surface area contributed by atoms with Crippen LogP contribution in [0.3, 0.4) is 0 Å². The molecule has 0 amide bonds. The summed E-state index contributed by atoms with van der Waals surface area (Å²) in [5, 5.41) is 6.38. The molecule has 0 fully saturated rings. The number of nitrogens with zero attached hydrogens (tertiary/aromatic N) is 1. The van der Waals surface area contributed by atoms with Gasteiger partial charge in [-0.2, -0.15) is 0 Å². The number of aryl methyl sites for hydroxylation is 1. The fraction of sp³-hybridized carbons (Fsp3) is 0.118. The van der Waals surface area contributed by atoms with E-state index in [-0.39, 0.29) is 0 Å². The van der Waals surface area contributed by atoms with Gasteiger partial charge in [0, 0.05) is 21.1 Å². The van der Waals surface area contributed by atoms with E-state index in [2.05, 4.69) is 74.7 Å². The third kappa shape index (κ3) is 3.83. The highest BCUT2D eigenvalue weighted by atomic mass is 127. The van der Waals surface area contributed by atoms with Crippen molar-refractivity contribution in [3.05, 3.63) is 65.5 Å². The van der Waals surface area contributed by atoms with Crippen molar-refractivity contribution in [2.75, 3.05) is 9.74 Å². The van der Waals surface area contributed by atoms with Gasteiger partial charge < -0.3 is 5.32 Å². The fourth-order valence-corrected chi connectivity index (χ4v) is 3.42. The molecule has 0 aliphatic carbocycles. The molecule has 0 aliphatic rings. The van der Waals surface area contributed by atoms with E-state index < -0.39 is 0 Å². The van der Waals surface area contributed by atoms with E-state index in [1.165, 1.54) is 5.56 Å². The van der Waals surface area contributed by atoms with E-state index in [0.29, 0.717) is 0 Å². The van der Waals surface area contributed by atoms with E-state index in [0.717, 1.165) is 32.9 Å². The summed E-state index contributed by atoms with van der Waals surface area (Å²) in [5.41, 5.74) is 4.63. The standard InChI is InChI=1S/C17H15IN2S/c18-11-10-13-6-8-15(9-7-13)19-17-20-16(12-21-17)14-4-2-1-3-5-14/h1-9,12H,10-11H2,(H,19,20). The van der Waals surface area contributed by atoms with E-state index in [9.17, 15) is 0 Å². The molecule has 0 atom stereocenters. The van der Waals surface area contributed by atoms with Crippen LogP contribution in [0, 0.1) is 0 Å². The van der Waals surface area contributed by atoms with Crippen molar-refractivity contribution < 1.29 is 0 Å². The summed E-state index contributed by atoms with van der Waals surface area (Å²) < 4.78 is 1.15. The van der Waals surface area contributed by atoms with Crippen molar-refractivity contribution in [1.82, 2.24) is 4.98 Å². The molecule has 0 bridgehead atoms. The lowest BCUT2D eigenvalue weighted by Crippen LogP contribution is -1.91. The number of aromatic nitrogens is 1. The Morgan fingerprint density at radius 2 is 1.76 bits per heavy atom. The van der Waals surface area contributed by atoms with Gasteiger partial charge in [0.2, 0.25) is 0 Å². The maximum Gasteiger partial charge on any atom is 0.187 e. The van der Waals surface area contributed by atoms with Crippen molar-refractivity contribution in [2.24, 2.45) is 0 Å². The lowest BCUT2D eigenvalue weighted by Gasteiger charge is -2.04. The highest BCUT2D eigenvalue weighted by Crippen LogP contribution is 2.27. The van der Waals surface area contributed by atoms with Crippen molar-refractivity contribution in [3.8, 4) is 11.3 Å². The minimum Gasteiger partial charge on any atom is -0.332 e. The lowest BCUT2D eigenvalue weighted by atomic mass is 10.1. The van der Waals surface area contributed by atoms with Crippen LogP contribution in [0.5, 0.6) is 0 Å². The molecule has 3 rings (SSSR count). The van der Waals surface area contributed by atoms with Crippen molar-refractivity contribution in [1.29, 1.82) is 0 Å². The Kier molecular flexibility index (Phi) is 4.87. The van der Waals surface area contributed by atoms with Gasteiger partial charge in [0.15, 0.2) is 5.13 Å². The van der Waals surface area contributed by atoms with Gasteiger partial charge in [0.1, 0.15) is 0 Å². The van der Waals surface area contributed by atoms with Crippen LogP contribution < -0.4 is 5.32 Å². The second kappa shape index (κ2) is 7.04. The second-order valence-electron chi connectivity index (χ2n) is 4.66. The van der Waals surface area contributed by atoms with Crippen molar-refractivity contribution in [3.63, 3.8) is 0 Å². The molecule has 106 valence electrons. The number of nitrogens with one attached hydrogen (secondary N) is 1. The highest BCUT2D eigenvalue weighted by molar-refractivity contribution is 14.1. The van der Waals surface area contributed by atoms with Crippen LogP contribution in [0.25, 0.3) is 11.3 Å². The van der Waals surface area contributed by atoms with Crippen LogP contribution in [-0.4, -0.2) is 9.41 Å². The molecule has 1 heterocycles. The smallest absolute Gasteiger partial charge is 0.187 e. The Morgan fingerprint density at radius 1 is 1.00 bits per heavy atom. The first-order chi connectivity index (χ1) is 10.3. The number of halogens is 1. The monoisotopic (exact) mass is 406 g/mol. The molecule has 2 nitrogen and oxygen atoms in total. The summed E-state index contributed by atoms with van der Waals surface area (Å²) in [6, 6.07) is 18.8. The average molecular weight is 406 g/mol. The second-order valence-corrected chi connectivity index (χ2v) is 6.60. The zero-order valence-electron chi connectivity index (χ0n) is 11.4. The van der Waals surface area contributed by atoms with Gasteiger partial charge in [-0.3, -0.25) is 0 Å². The van der Waals surface area contributed by atoms with Crippen molar-refractivity contribution >= 4 is 44.7 Å². The largest absolute Gasteiger partial charge is 0.332 e. The van der Waals surface area contributed by atoms with E-state index in [1.807, 2.05) is 18.2 Å². The first-order valence-electron chi connectivity index (χ1n) is 6.78. The van der Waals surface area contributed by atoms with Gasteiger partial charge in [-0.1, -0.05) is 65.1 Å². The van der Waals surface area contributed by atoms with Crippen LogP contribution in [0.15, 0.2) is 60.0 Å². The number of hydrogen-bond acceptors (Lipinski definition) is 3. The van der Waals surface area contributed by atoms with Gasteiger partial charge in [0.05, 0.1) is 5.69 Å². The molecule has 1 N–H and O–H groups in total. The molecular weight excluding hydrogens is 391 g/mol. The molecule has 4 heteroatoms. The Bertz CT molecular complexity index is 692. The van der Waals surface area contributed by atoms with Crippen LogP contribution in [0.4, 0.5) is 10.8 Å². The number of alkyl halides is 1. The quantitative estimate of drug-likeness (QED) is 0.445. The first-order valence-corrected chi connectivity index (χ1v) is 9.18. The third-order valence-electron chi connectivity index (χ3n) is 3.16. The van der Waals surface area contributed by atoms with Crippen molar-refractivity contribution in [2.45, 2.75) is 6.42 Å². The van der Waals surface area contributed by atoms with Crippen LogP contribution in [0.2, 0.25) is 0 Å². The summed E-state index contributed by atoms with van der Waals surface area (Å²) in [4.78, 5) is 4.64. The molecule has 2 aromatic carbocycles. The normalized spacial score (nSPS) is 10.5. The molecule has 1 aromatic heterocycles. The zero-order chi connectivity index (χ0) is 14.5. The summed E-state index contributed by atoms with van der Waals surface area (Å²) in [6.07, 6.45) is 1.12. The predicted octanol–water partition coefficient (Wildman–Crippen LogP) is 5.53. The molecule has 21 heavy (non-hydrogen) atoms. The molecule has 0 aliphatic heterocycles. The van der Waals surface area contributed by atoms with Crippen LogP contribution >= 0.6 is 33.9 Å². The van der Waals surface area contributed by atoms with E-state index in [1.54, 1.807) is 11.3 Å². The molecule has 3 aromatic rings. The van der Waals surface area contributed by atoms with Gasteiger partial charge in [-0.25, -0.2) is 4.98 Å². The summed E-state index contributed by atoms with van der Waals surface area (Å²) in [6.45, 7) is 0. The predicted molar refractivity (Wildman–Crippen MR) is 99.9 cm³/mol. The number of anilines is 2. The minimum absolute atomic E-state index is 0.926. The van der Waals surface area contributed by atoms with E-state index in [4.69, 9.17) is 0 Å². The maximum absolute atomic E-state index is 4.64. The van der Waals surface area contributed by atoms with Gasteiger partial charge >= 0.3 is 0 Å². The third-order valence-corrected chi connectivity index (χ3v) is 4.46. The Balaban J connectivity index is 1.72. The Hall–Kier alpha value is -1.40. The Labute approximate surface area is 142 Å². The maximum atomic E-state index is 4.64. The average Bonchev–Trinajstić information content (AvgIpc) is 2.99. The molecule has 0 saturated heterocycles. The fourth-order valence-electron chi connectivity index (χ4n) is 2.06. The van der Waals surface area contributed by atoms with Crippen LogP contribution in [0.1, 0.15) is 5.56 Å². The molecule has 0 radical (unpaired) electrons. The molecule has 0 saturated carbocycles. The van der Waals surface area contributed by atoms with Gasteiger partial charge in [-0.15, -0.1) is 11.3 Å². The lowest BCUT2D eigenvalue weighted by molar-refractivity contribution is 1.18. The van der Waals surface area contributed by atoms with Gasteiger partial charge in [0.25, 0.3) is 0 Å². The zero-order valence-corrected chi connectivity index (χ0v) is 14.4. The topological polar surface area (TPSA) is 24.9 Å². The number of hydrogen-bond donors (Lipinski definition) is 1. The number of rotatable bonds is 5. The van der Waals surface area contributed by atoms with Crippen LogP contribution in [-0.2, 0) is 6.42 Å². The van der Waals surface area contributed by atoms with E-state index >= 15 is 0 Å². The van der Waals surface area contributed by atoms with Gasteiger partial charge in [-0.05, 0) is 24.1 Å². The first kappa shape index (κ1) is 14.5. The molecular formula is C17H15IN2S. The summed E-state index contributed by atoms with van der Waals surface area (Å²) in [5.74, 6) is 0. The molecule has 0 spiro atoms. The number of thiazole rings is 1. The molecule has 0 unspecified atom stereocenters.